The van der Waals surface area contributed by atoms with Crippen molar-refractivity contribution in [2.45, 2.75) is 0 Å². The number of rotatable bonds is 3. The summed E-state index contributed by atoms with van der Waals surface area (Å²) >= 11 is 0. The van der Waals surface area contributed by atoms with Crippen molar-refractivity contribution in [3.63, 3.8) is 0 Å². The van der Waals surface area contributed by atoms with Gasteiger partial charge in [0.1, 0.15) is 5.82 Å². The summed E-state index contributed by atoms with van der Waals surface area (Å²) in [7, 11) is 0. The van der Waals surface area contributed by atoms with E-state index in [4.69, 9.17) is 5.26 Å². The number of fused-ring (bicyclic) bond motifs is 1. The largest absolute Gasteiger partial charge is 0.338 e. The van der Waals surface area contributed by atoms with E-state index in [-0.39, 0.29) is 5.91 Å². The molecule has 0 aliphatic heterocycles. The number of para-hydroxylation sites is 2. The highest BCUT2D eigenvalue weighted by atomic mass is 16.1. The van der Waals surface area contributed by atoms with E-state index in [2.05, 4.69) is 15.3 Å². The third-order valence-corrected chi connectivity index (χ3v) is 4.06. The molecule has 0 atom stereocenters. The molecule has 0 aliphatic carbocycles. The molecule has 0 aliphatic rings. The van der Waals surface area contributed by atoms with Crippen LogP contribution in [0.25, 0.3) is 22.4 Å². The molecule has 4 rings (SSSR count). The van der Waals surface area contributed by atoms with Gasteiger partial charge in [-0.15, -0.1) is 0 Å². The molecular weight excluding hydrogens is 324 g/mol. The lowest BCUT2D eigenvalue weighted by atomic mass is 10.1. The number of benzene rings is 3. The van der Waals surface area contributed by atoms with Crippen LogP contribution in [-0.4, -0.2) is 15.9 Å². The number of nitrogens with zero attached hydrogens (tertiary/aromatic N) is 2. The van der Waals surface area contributed by atoms with Gasteiger partial charge in [-0.05, 0) is 54.6 Å². The molecule has 124 valence electrons. The Labute approximate surface area is 149 Å². The van der Waals surface area contributed by atoms with Crippen molar-refractivity contribution in [3.05, 3.63) is 83.9 Å². The van der Waals surface area contributed by atoms with Crippen molar-refractivity contribution in [1.82, 2.24) is 9.97 Å². The highest BCUT2D eigenvalue weighted by Gasteiger charge is 2.08. The van der Waals surface area contributed by atoms with Crippen LogP contribution in [0.4, 0.5) is 5.69 Å². The maximum atomic E-state index is 12.3. The van der Waals surface area contributed by atoms with E-state index in [1.807, 2.05) is 54.6 Å². The predicted molar refractivity (Wildman–Crippen MR) is 101 cm³/mol. The maximum absolute atomic E-state index is 12.3. The monoisotopic (exact) mass is 338 g/mol. The van der Waals surface area contributed by atoms with Gasteiger partial charge in [-0.3, -0.25) is 4.79 Å². The van der Waals surface area contributed by atoms with Crippen LogP contribution < -0.4 is 5.32 Å². The number of hydrogen-bond acceptors (Lipinski definition) is 3. The quantitative estimate of drug-likeness (QED) is 0.582. The fraction of sp³-hybridized carbons (Fsp3) is 0. The van der Waals surface area contributed by atoms with Gasteiger partial charge in [-0.1, -0.05) is 18.2 Å². The smallest absolute Gasteiger partial charge is 0.255 e. The normalized spacial score (nSPS) is 10.4. The molecule has 1 amide bonds. The molecule has 2 N–H and O–H groups in total. The topological polar surface area (TPSA) is 81.6 Å². The van der Waals surface area contributed by atoms with E-state index >= 15 is 0 Å². The number of aromatic nitrogens is 2. The Balaban J connectivity index is 1.54. The minimum atomic E-state index is -0.251. The molecule has 0 spiro atoms. The summed E-state index contributed by atoms with van der Waals surface area (Å²) in [6, 6.07) is 24.0. The molecule has 0 saturated carbocycles. The molecule has 0 radical (unpaired) electrons. The van der Waals surface area contributed by atoms with E-state index in [1.54, 1.807) is 24.3 Å². The van der Waals surface area contributed by atoms with E-state index in [0.29, 0.717) is 16.8 Å². The molecule has 3 aromatic carbocycles. The predicted octanol–water partition coefficient (Wildman–Crippen LogP) is 4.35. The average molecular weight is 338 g/mol. The lowest BCUT2D eigenvalue weighted by molar-refractivity contribution is 0.102. The second-order valence-corrected chi connectivity index (χ2v) is 5.83. The molecule has 0 bridgehead atoms. The number of nitrogens with one attached hydrogen (secondary N) is 2. The fourth-order valence-corrected chi connectivity index (χ4v) is 2.73. The molecule has 26 heavy (non-hydrogen) atoms. The maximum Gasteiger partial charge on any atom is 0.255 e. The van der Waals surface area contributed by atoms with E-state index in [9.17, 15) is 4.79 Å². The van der Waals surface area contributed by atoms with Crippen molar-refractivity contribution >= 4 is 22.6 Å². The Morgan fingerprint density at radius 3 is 2.58 bits per heavy atom. The highest BCUT2D eigenvalue weighted by Crippen LogP contribution is 2.22. The molecule has 4 aromatic rings. The van der Waals surface area contributed by atoms with Crippen LogP contribution in [0.2, 0.25) is 0 Å². The van der Waals surface area contributed by atoms with Gasteiger partial charge in [-0.25, -0.2) is 4.98 Å². The summed E-state index contributed by atoms with van der Waals surface area (Å²) in [4.78, 5) is 20.2. The van der Waals surface area contributed by atoms with Crippen LogP contribution >= 0.6 is 0 Å². The summed E-state index contributed by atoms with van der Waals surface area (Å²) < 4.78 is 0. The first kappa shape index (κ1) is 15.6. The Hall–Kier alpha value is -3.91. The first-order chi connectivity index (χ1) is 12.7. The number of hydrogen-bond donors (Lipinski definition) is 2. The highest BCUT2D eigenvalue weighted by molar-refractivity contribution is 6.04. The summed E-state index contributed by atoms with van der Waals surface area (Å²) in [6.07, 6.45) is 0. The summed E-state index contributed by atoms with van der Waals surface area (Å²) in [5.74, 6) is 0.532. The van der Waals surface area contributed by atoms with Crippen LogP contribution in [0.3, 0.4) is 0 Å². The number of nitriles is 1. The van der Waals surface area contributed by atoms with Gasteiger partial charge >= 0.3 is 0 Å². The second-order valence-electron chi connectivity index (χ2n) is 5.83. The van der Waals surface area contributed by atoms with Gasteiger partial charge < -0.3 is 10.3 Å². The molecule has 5 nitrogen and oxygen atoms in total. The SMILES string of the molecule is N#Cc1cccc(C(=O)Nc2ccc(-c3nc4ccccc4[nH]3)cc2)c1. The molecule has 5 heteroatoms. The number of aromatic amines is 1. The molecule has 1 aromatic heterocycles. The number of amides is 1. The zero-order valence-electron chi connectivity index (χ0n) is 13.7. The van der Waals surface area contributed by atoms with E-state index in [1.165, 1.54) is 0 Å². The van der Waals surface area contributed by atoms with Gasteiger partial charge in [0.2, 0.25) is 0 Å². The van der Waals surface area contributed by atoms with Crippen molar-refractivity contribution in [2.24, 2.45) is 0 Å². The van der Waals surface area contributed by atoms with Crippen molar-refractivity contribution in [1.29, 1.82) is 5.26 Å². The van der Waals surface area contributed by atoms with Crippen LogP contribution in [-0.2, 0) is 0 Å². The Morgan fingerprint density at radius 1 is 1.00 bits per heavy atom. The zero-order chi connectivity index (χ0) is 17.9. The van der Waals surface area contributed by atoms with Crippen molar-refractivity contribution < 1.29 is 4.79 Å². The summed E-state index contributed by atoms with van der Waals surface area (Å²) in [6.45, 7) is 0. The summed E-state index contributed by atoms with van der Waals surface area (Å²) in [5.41, 5.74) is 4.42. The number of H-pyrrole nitrogens is 1. The van der Waals surface area contributed by atoms with E-state index < -0.39 is 0 Å². The van der Waals surface area contributed by atoms with Gasteiger partial charge in [0.05, 0.1) is 22.7 Å². The lowest BCUT2D eigenvalue weighted by Gasteiger charge is -2.06. The van der Waals surface area contributed by atoms with Crippen LogP contribution in [0.1, 0.15) is 15.9 Å². The van der Waals surface area contributed by atoms with Gasteiger partial charge in [-0.2, -0.15) is 5.26 Å². The first-order valence-corrected chi connectivity index (χ1v) is 8.10. The molecule has 0 unspecified atom stereocenters. The minimum Gasteiger partial charge on any atom is -0.338 e. The fourth-order valence-electron chi connectivity index (χ4n) is 2.73. The number of carbonyl (C=O) groups excluding carboxylic acids is 1. The molecule has 0 saturated heterocycles. The van der Waals surface area contributed by atoms with Gasteiger partial charge in [0, 0.05) is 16.8 Å². The van der Waals surface area contributed by atoms with Crippen LogP contribution in [0, 0.1) is 11.3 Å². The standard InChI is InChI=1S/C21H14N4O/c22-13-14-4-3-5-16(12-14)21(26)23-17-10-8-15(9-11-17)20-24-18-6-1-2-7-19(18)25-20/h1-12H,(H,23,26)(H,24,25). The third kappa shape index (κ3) is 3.04. The van der Waals surface area contributed by atoms with Crippen molar-refractivity contribution in [2.75, 3.05) is 5.32 Å². The average Bonchev–Trinajstić information content (AvgIpc) is 3.13. The zero-order valence-corrected chi connectivity index (χ0v) is 13.7. The lowest BCUT2D eigenvalue weighted by Crippen LogP contribution is -2.11. The second kappa shape index (κ2) is 6.54. The number of imidazole rings is 1. The Kier molecular flexibility index (Phi) is 3.92. The number of carbonyl (C=O) groups is 1. The van der Waals surface area contributed by atoms with Crippen LogP contribution in [0.5, 0.6) is 0 Å². The van der Waals surface area contributed by atoms with E-state index in [0.717, 1.165) is 22.4 Å². The number of anilines is 1. The first-order valence-electron chi connectivity index (χ1n) is 8.10. The van der Waals surface area contributed by atoms with Gasteiger partial charge in [0.25, 0.3) is 5.91 Å². The third-order valence-electron chi connectivity index (χ3n) is 4.06. The minimum absolute atomic E-state index is 0.251. The van der Waals surface area contributed by atoms with Crippen molar-refractivity contribution in [3.8, 4) is 17.5 Å². The van der Waals surface area contributed by atoms with Crippen LogP contribution in [0.15, 0.2) is 72.8 Å². The Bertz CT molecular complexity index is 1100. The Morgan fingerprint density at radius 2 is 1.81 bits per heavy atom. The molecule has 1 heterocycles. The molecule has 0 fully saturated rings. The van der Waals surface area contributed by atoms with Gasteiger partial charge in [0.15, 0.2) is 0 Å². The summed E-state index contributed by atoms with van der Waals surface area (Å²) in [5, 5.41) is 11.8. The molecular formula is C21H14N4O.